The first-order valence-corrected chi connectivity index (χ1v) is 13.1. The van der Waals surface area contributed by atoms with Crippen LogP contribution >= 0.6 is 0 Å². The van der Waals surface area contributed by atoms with Gasteiger partial charge in [-0.1, -0.05) is 12.1 Å². The fraction of sp³-hybridized carbons (Fsp3) is 0.444. The molecule has 2 aromatic heterocycles. The zero-order valence-corrected chi connectivity index (χ0v) is 22.3. The van der Waals surface area contributed by atoms with Gasteiger partial charge in [0.05, 0.1) is 30.1 Å². The van der Waals surface area contributed by atoms with Gasteiger partial charge in [0.1, 0.15) is 12.7 Å². The molecule has 2 atom stereocenters. The Morgan fingerprint density at radius 2 is 2.05 bits per heavy atom. The molecule has 1 amide bonds. The summed E-state index contributed by atoms with van der Waals surface area (Å²) in [6, 6.07) is 5.80. The number of halogens is 3. The number of carbonyl (C=O) groups is 1. The molecule has 0 unspecified atom stereocenters. The molecule has 2 saturated heterocycles. The molecule has 6 rings (SSSR count). The number of piperidine rings is 1. The lowest BCUT2D eigenvalue weighted by atomic mass is 10.0. The molecule has 0 N–H and O–H groups in total. The Morgan fingerprint density at radius 1 is 1.20 bits per heavy atom. The van der Waals surface area contributed by atoms with Crippen molar-refractivity contribution in [2.75, 3.05) is 36.1 Å². The fourth-order valence-corrected chi connectivity index (χ4v) is 5.14. The van der Waals surface area contributed by atoms with Gasteiger partial charge in [-0.15, -0.1) is 0 Å². The number of aromatic nitrogens is 4. The van der Waals surface area contributed by atoms with Crippen LogP contribution < -0.4 is 19.3 Å². The van der Waals surface area contributed by atoms with Crippen LogP contribution in [0.2, 0.25) is 0 Å². The summed E-state index contributed by atoms with van der Waals surface area (Å²) in [4.78, 5) is 34.1. The second-order valence-electron chi connectivity index (χ2n) is 10.4. The Balaban J connectivity index is 1.24. The maximum absolute atomic E-state index is 13.5. The third-order valence-electron chi connectivity index (χ3n) is 7.00. The van der Waals surface area contributed by atoms with E-state index in [-0.39, 0.29) is 47.8 Å². The van der Waals surface area contributed by atoms with E-state index in [1.54, 1.807) is 0 Å². The van der Waals surface area contributed by atoms with Crippen LogP contribution in [-0.2, 0) is 15.7 Å². The van der Waals surface area contributed by atoms with Gasteiger partial charge in [0.15, 0.2) is 17.4 Å². The maximum atomic E-state index is 13.5. The number of benzene rings is 1. The average molecular weight is 573 g/mol. The highest BCUT2D eigenvalue weighted by Crippen LogP contribution is 2.39. The van der Waals surface area contributed by atoms with Crippen LogP contribution in [0, 0.1) is 0 Å². The number of anilines is 2. The molecule has 3 aliphatic rings. The fourth-order valence-electron chi connectivity index (χ4n) is 5.14. The summed E-state index contributed by atoms with van der Waals surface area (Å²) in [6.07, 6.45) is -1.11. The normalized spacial score (nSPS) is 21.4. The Kier molecular flexibility index (Phi) is 6.90. The van der Waals surface area contributed by atoms with Crippen molar-refractivity contribution >= 4 is 17.6 Å². The molecule has 0 radical (unpaired) electrons. The first-order chi connectivity index (χ1) is 19.6. The van der Waals surface area contributed by atoms with Crippen LogP contribution in [0.15, 0.2) is 42.7 Å². The van der Waals surface area contributed by atoms with Crippen molar-refractivity contribution in [2.24, 2.45) is 0 Å². The van der Waals surface area contributed by atoms with E-state index in [4.69, 9.17) is 18.9 Å². The van der Waals surface area contributed by atoms with Crippen LogP contribution in [-0.4, -0.2) is 70.3 Å². The van der Waals surface area contributed by atoms with Crippen LogP contribution in [0.1, 0.15) is 32.3 Å². The second-order valence-corrected chi connectivity index (χ2v) is 10.4. The lowest BCUT2D eigenvalue weighted by Gasteiger charge is -2.44. The first-order valence-electron chi connectivity index (χ1n) is 13.1. The van der Waals surface area contributed by atoms with Crippen molar-refractivity contribution in [3.63, 3.8) is 0 Å². The van der Waals surface area contributed by atoms with Crippen molar-refractivity contribution in [1.29, 1.82) is 0 Å². The van der Waals surface area contributed by atoms with Crippen LogP contribution in [0.3, 0.4) is 0 Å². The van der Waals surface area contributed by atoms with Gasteiger partial charge in [-0.2, -0.15) is 18.2 Å². The zero-order chi connectivity index (χ0) is 28.8. The monoisotopic (exact) mass is 572 g/mol. The molecular formula is C27H27F3N6O5. The van der Waals surface area contributed by atoms with Crippen molar-refractivity contribution in [3.05, 3.63) is 48.3 Å². The Bertz CT molecular complexity index is 1450. The van der Waals surface area contributed by atoms with Crippen molar-refractivity contribution < 1.29 is 36.9 Å². The molecule has 5 heterocycles. The predicted octanol–water partition coefficient (Wildman–Crippen LogP) is 4.47. The third-order valence-corrected chi connectivity index (χ3v) is 7.00. The molecule has 2 fully saturated rings. The van der Waals surface area contributed by atoms with E-state index in [1.807, 2.05) is 13.8 Å². The predicted molar refractivity (Wildman–Crippen MR) is 139 cm³/mol. The molecule has 1 aromatic carbocycles. The number of nitrogens with zero attached hydrogens (tertiary/aromatic N) is 6. The van der Waals surface area contributed by atoms with Gasteiger partial charge in [0.25, 0.3) is 0 Å². The summed E-state index contributed by atoms with van der Waals surface area (Å²) in [5, 5.41) is 0. The summed E-state index contributed by atoms with van der Waals surface area (Å²) in [6.45, 7) is 5.46. The summed E-state index contributed by atoms with van der Waals surface area (Å²) < 4.78 is 62.5. The summed E-state index contributed by atoms with van der Waals surface area (Å²) in [5.74, 6) is -0.193. The SMILES string of the molecule is CC1(C)OC[C@H](COc2ccnc(OC(=O)N3c4nc(-c5cccc(C(F)(F)F)c5)ncc4N4CCC[C@H]3C4)n2)O1. The van der Waals surface area contributed by atoms with Gasteiger partial charge in [0.2, 0.25) is 5.88 Å². The van der Waals surface area contributed by atoms with Crippen molar-refractivity contribution in [2.45, 2.75) is 50.8 Å². The van der Waals surface area contributed by atoms with Crippen molar-refractivity contribution in [1.82, 2.24) is 19.9 Å². The standard InChI is InChI=1S/C27H27F3N6O5/c1-26(2)39-15-19(41-26)14-38-21-8-9-31-24(33-21)40-25(37)36-18-7-4-10-35(13-18)20-12-32-22(34-23(20)36)16-5-3-6-17(11-16)27(28,29)30/h3,5-6,8-9,11-12,18-19H,4,7,10,13-15H2,1-2H3/t18-,19-/m0/s1. The minimum Gasteiger partial charge on any atom is -0.475 e. The highest BCUT2D eigenvalue weighted by molar-refractivity contribution is 5.94. The lowest BCUT2D eigenvalue weighted by molar-refractivity contribution is -0.141. The quantitative estimate of drug-likeness (QED) is 0.434. The molecular weight excluding hydrogens is 545 g/mol. The lowest BCUT2D eigenvalue weighted by Crippen LogP contribution is -2.56. The number of amides is 1. The number of hydrogen-bond donors (Lipinski definition) is 0. The highest BCUT2D eigenvalue weighted by Gasteiger charge is 2.40. The smallest absolute Gasteiger partial charge is 0.423 e. The van der Waals surface area contributed by atoms with E-state index in [9.17, 15) is 18.0 Å². The maximum Gasteiger partial charge on any atom is 0.423 e. The molecule has 11 nitrogen and oxygen atoms in total. The van der Waals surface area contributed by atoms with Gasteiger partial charge in [-0.25, -0.2) is 19.7 Å². The van der Waals surface area contributed by atoms with Crippen LogP contribution in [0.4, 0.5) is 29.5 Å². The molecule has 3 aliphatic heterocycles. The average Bonchev–Trinajstić information content (AvgIpc) is 3.30. The number of rotatable bonds is 5. The summed E-state index contributed by atoms with van der Waals surface area (Å²) >= 11 is 0. The van der Waals surface area contributed by atoms with Gasteiger partial charge in [0, 0.05) is 30.9 Å². The van der Waals surface area contributed by atoms with Gasteiger partial charge in [-0.05, 0) is 38.8 Å². The van der Waals surface area contributed by atoms with Gasteiger partial charge in [-0.3, -0.25) is 4.90 Å². The number of ether oxygens (including phenoxy) is 4. The van der Waals surface area contributed by atoms with Crippen LogP contribution in [0.25, 0.3) is 11.4 Å². The Labute approximate surface area is 233 Å². The Morgan fingerprint density at radius 3 is 2.83 bits per heavy atom. The van der Waals surface area contributed by atoms with E-state index in [0.29, 0.717) is 25.3 Å². The number of carbonyl (C=O) groups excluding carboxylic acids is 1. The van der Waals surface area contributed by atoms with Gasteiger partial charge >= 0.3 is 18.3 Å². The number of alkyl halides is 3. The molecule has 14 heteroatoms. The molecule has 3 aromatic rings. The molecule has 41 heavy (non-hydrogen) atoms. The molecule has 216 valence electrons. The number of hydrogen-bond acceptors (Lipinski definition) is 10. The topological polar surface area (TPSA) is 112 Å². The van der Waals surface area contributed by atoms with Gasteiger partial charge < -0.3 is 23.8 Å². The molecule has 0 aliphatic carbocycles. The van der Waals surface area contributed by atoms with E-state index >= 15 is 0 Å². The minimum absolute atomic E-state index is 0.0572. The highest BCUT2D eigenvalue weighted by atomic mass is 19.4. The largest absolute Gasteiger partial charge is 0.475 e. The van der Waals surface area contributed by atoms with E-state index < -0.39 is 23.6 Å². The summed E-state index contributed by atoms with van der Waals surface area (Å²) in [7, 11) is 0. The first kappa shape index (κ1) is 27.1. The zero-order valence-electron chi connectivity index (χ0n) is 22.3. The second kappa shape index (κ2) is 10.4. The molecule has 0 spiro atoms. The Hall–Kier alpha value is -4.04. The molecule has 0 saturated carbocycles. The third kappa shape index (κ3) is 5.75. The van der Waals surface area contributed by atoms with E-state index in [0.717, 1.165) is 25.1 Å². The van der Waals surface area contributed by atoms with Crippen molar-refractivity contribution in [3.8, 4) is 23.3 Å². The van der Waals surface area contributed by atoms with Crippen LogP contribution in [0.5, 0.6) is 11.9 Å². The van der Waals surface area contributed by atoms with E-state index in [1.165, 1.54) is 35.5 Å². The summed E-state index contributed by atoms with van der Waals surface area (Å²) in [5.41, 5.74) is -0.0496. The van der Waals surface area contributed by atoms with E-state index in [2.05, 4.69) is 24.8 Å². The number of fused-ring (bicyclic) bond motifs is 4. The molecule has 2 bridgehead atoms. The minimum atomic E-state index is -4.52.